The fourth-order valence-corrected chi connectivity index (χ4v) is 1.90. The minimum atomic E-state index is -0.696. The van der Waals surface area contributed by atoms with E-state index in [1.54, 1.807) is 0 Å². The zero-order valence-corrected chi connectivity index (χ0v) is 10.0. The van der Waals surface area contributed by atoms with Crippen LogP contribution in [0.1, 0.15) is 32.3 Å². The maximum absolute atomic E-state index is 10.6. The van der Waals surface area contributed by atoms with E-state index < -0.39 is 5.97 Å². The Labute approximate surface area is 97.3 Å². The largest absolute Gasteiger partial charge is 0.481 e. The summed E-state index contributed by atoms with van der Waals surface area (Å²) in [7, 11) is 0. The summed E-state index contributed by atoms with van der Waals surface area (Å²) in [6, 6.07) is 10.3. The topological polar surface area (TPSA) is 37.3 Å². The number of carboxylic acid groups (broad SMARTS) is 1. The molecule has 0 aliphatic rings. The Bertz CT molecular complexity index is 317. The Morgan fingerprint density at radius 2 is 1.88 bits per heavy atom. The number of aliphatic carboxylic acids is 1. The molecule has 0 saturated carbocycles. The highest BCUT2D eigenvalue weighted by Gasteiger charge is 2.15. The highest BCUT2D eigenvalue weighted by molar-refractivity contribution is 5.66. The minimum absolute atomic E-state index is 0.273. The van der Waals surface area contributed by atoms with E-state index in [0.29, 0.717) is 11.8 Å². The first-order valence-corrected chi connectivity index (χ1v) is 5.85. The lowest BCUT2D eigenvalue weighted by molar-refractivity contribution is -0.137. The van der Waals surface area contributed by atoms with Crippen molar-refractivity contribution >= 4 is 5.97 Å². The normalized spacial score (nSPS) is 12.7. The van der Waals surface area contributed by atoms with Gasteiger partial charge >= 0.3 is 5.97 Å². The molecule has 0 aromatic heterocycles. The highest BCUT2D eigenvalue weighted by Crippen LogP contribution is 2.22. The van der Waals surface area contributed by atoms with Crippen molar-refractivity contribution in [3.63, 3.8) is 0 Å². The van der Waals surface area contributed by atoms with Crippen molar-refractivity contribution in [2.75, 3.05) is 0 Å². The molecule has 1 aromatic rings. The molecule has 0 radical (unpaired) electrons. The summed E-state index contributed by atoms with van der Waals surface area (Å²) >= 11 is 0. The lowest BCUT2D eigenvalue weighted by Gasteiger charge is -2.20. The molecule has 0 spiro atoms. The van der Waals surface area contributed by atoms with Crippen molar-refractivity contribution in [2.24, 2.45) is 11.8 Å². The zero-order chi connectivity index (χ0) is 12.0. The second-order valence-corrected chi connectivity index (χ2v) is 4.63. The minimum Gasteiger partial charge on any atom is -0.481 e. The van der Waals surface area contributed by atoms with Crippen LogP contribution >= 0.6 is 0 Å². The van der Waals surface area contributed by atoms with Gasteiger partial charge in [-0.15, -0.1) is 0 Å². The molecule has 1 atom stereocenters. The standard InChI is InChI=1S/C14H20O2/c1-11(2)13(8-9-14(15)16)10-12-6-4-3-5-7-12/h3-7,11,13H,8-10H2,1-2H3,(H,15,16). The Balaban J connectivity index is 2.54. The van der Waals surface area contributed by atoms with Crippen LogP contribution in [-0.2, 0) is 11.2 Å². The van der Waals surface area contributed by atoms with Crippen LogP contribution in [0.5, 0.6) is 0 Å². The molecule has 1 rings (SSSR count). The van der Waals surface area contributed by atoms with Crippen LogP contribution in [0.25, 0.3) is 0 Å². The van der Waals surface area contributed by atoms with Gasteiger partial charge in [0.15, 0.2) is 0 Å². The number of rotatable bonds is 6. The van der Waals surface area contributed by atoms with Gasteiger partial charge in [0, 0.05) is 6.42 Å². The maximum atomic E-state index is 10.6. The molecule has 0 heterocycles. The Morgan fingerprint density at radius 1 is 1.25 bits per heavy atom. The van der Waals surface area contributed by atoms with E-state index >= 15 is 0 Å². The van der Waals surface area contributed by atoms with Crippen molar-refractivity contribution in [2.45, 2.75) is 33.1 Å². The van der Waals surface area contributed by atoms with Gasteiger partial charge in [0.05, 0.1) is 0 Å². The third-order valence-electron chi connectivity index (χ3n) is 3.01. The van der Waals surface area contributed by atoms with E-state index in [0.717, 1.165) is 12.8 Å². The van der Waals surface area contributed by atoms with E-state index in [4.69, 9.17) is 5.11 Å². The number of carbonyl (C=O) groups is 1. The van der Waals surface area contributed by atoms with Crippen molar-refractivity contribution < 1.29 is 9.90 Å². The third-order valence-corrected chi connectivity index (χ3v) is 3.01. The molecule has 1 unspecified atom stereocenters. The van der Waals surface area contributed by atoms with Crippen LogP contribution in [0.15, 0.2) is 30.3 Å². The summed E-state index contributed by atoms with van der Waals surface area (Å²) in [5, 5.41) is 8.71. The lowest BCUT2D eigenvalue weighted by atomic mass is 9.86. The summed E-state index contributed by atoms with van der Waals surface area (Å²) in [4.78, 5) is 10.6. The molecule has 88 valence electrons. The quantitative estimate of drug-likeness (QED) is 0.798. The number of hydrogen-bond donors (Lipinski definition) is 1. The Kier molecular flexibility index (Phi) is 5.03. The van der Waals surface area contributed by atoms with Crippen molar-refractivity contribution in [3.8, 4) is 0 Å². The first-order chi connectivity index (χ1) is 7.59. The van der Waals surface area contributed by atoms with Crippen molar-refractivity contribution in [1.29, 1.82) is 0 Å². The molecule has 16 heavy (non-hydrogen) atoms. The molecule has 0 saturated heterocycles. The van der Waals surface area contributed by atoms with Gasteiger partial charge in [-0.2, -0.15) is 0 Å². The summed E-state index contributed by atoms with van der Waals surface area (Å²) < 4.78 is 0. The monoisotopic (exact) mass is 220 g/mol. The average molecular weight is 220 g/mol. The Hall–Kier alpha value is -1.31. The van der Waals surface area contributed by atoms with Crippen LogP contribution in [0.3, 0.4) is 0 Å². The molecule has 0 fully saturated rings. The van der Waals surface area contributed by atoms with Crippen LogP contribution in [-0.4, -0.2) is 11.1 Å². The van der Waals surface area contributed by atoms with Gasteiger partial charge in [-0.3, -0.25) is 4.79 Å². The van der Waals surface area contributed by atoms with Crippen LogP contribution in [0.2, 0.25) is 0 Å². The first kappa shape index (κ1) is 12.8. The van der Waals surface area contributed by atoms with Gasteiger partial charge in [-0.25, -0.2) is 0 Å². The number of carboxylic acids is 1. The molecule has 1 N–H and O–H groups in total. The maximum Gasteiger partial charge on any atom is 0.303 e. The van der Waals surface area contributed by atoms with Gasteiger partial charge in [0.2, 0.25) is 0 Å². The van der Waals surface area contributed by atoms with Crippen LogP contribution in [0, 0.1) is 11.8 Å². The molecule has 0 aliphatic heterocycles. The smallest absolute Gasteiger partial charge is 0.303 e. The van der Waals surface area contributed by atoms with E-state index in [9.17, 15) is 4.79 Å². The molecule has 0 amide bonds. The molecule has 1 aromatic carbocycles. The second kappa shape index (κ2) is 6.31. The molecular formula is C14H20O2. The fourth-order valence-electron chi connectivity index (χ4n) is 1.90. The zero-order valence-electron chi connectivity index (χ0n) is 10.0. The predicted octanol–water partition coefficient (Wildman–Crippen LogP) is 3.37. The summed E-state index contributed by atoms with van der Waals surface area (Å²) in [6.45, 7) is 4.32. The molecule has 2 heteroatoms. The average Bonchev–Trinajstić information content (AvgIpc) is 2.25. The first-order valence-electron chi connectivity index (χ1n) is 5.85. The van der Waals surface area contributed by atoms with Crippen LogP contribution < -0.4 is 0 Å². The predicted molar refractivity (Wildman–Crippen MR) is 65.3 cm³/mol. The van der Waals surface area contributed by atoms with Gasteiger partial charge in [0.1, 0.15) is 0 Å². The number of benzene rings is 1. The Morgan fingerprint density at radius 3 is 2.38 bits per heavy atom. The van der Waals surface area contributed by atoms with Crippen molar-refractivity contribution in [3.05, 3.63) is 35.9 Å². The fraction of sp³-hybridized carbons (Fsp3) is 0.500. The van der Waals surface area contributed by atoms with Gasteiger partial charge in [-0.05, 0) is 30.2 Å². The third kappa shape index (κ3) is 4.47. The molecule has 0 aliphatic carbocycles. The molecule has 0 bridgehead atoms. The summed E-state index contributed by atoms with van der Waals surface area (Å²) in [6.07, 6.45) is 2.02. The lowest BCUT2D eigenvalue weighted by Crippen LogP contribution is -2.14. The van der Waals surface area contributed by atoms with E-state index in [1.807, 2.05) is 18.2 Å². The highest BCUT2D eigenvalue weighted by atomic mass is 16.4. The molecular weight excluding hydrogens is 200 g/mol. The molecule has 2 nitrogen and oxygen atoms in total. The second-order valence-electron chi connectivity index (χ2n) is 4.63. The van der Waals surface area contributed by atoms with Gasteiger partial charge in [0.25, 0.3) is 0 Å². The van der Waals surface area contributed by atoms with E-state index in [-0.39, 0.29) is 6.42 Å². The summed E-state index contributed by atoms with van der Waals surface area (Å²) in [5.74, 6) is 0.289. The summed E-state index contributed by atoms with van der Waals surface area (Å²) in [5.41, 5.74) is 1.30. The van der Waals surface area contributed by atoms with Gasteiger partial charge in [-0.1, -0.05) is 44.2 Å². The van der Waals surface area contributed by atoms with E-state index in [2.05, 4.69) is 26.0 Å². The van der Waals surface area contributed by atoms with Crippen LogP contribution in [0.4, 0.5) is 0 Å². The SMILES string of the molecule is CC(C)C(CCC(=O)O)Cc1ccccc1. The number of hydrogen-bond acceptors (Lipinski definition) is 1. The van der Waals surface area contributed by atoms with Crippen molar-refractivity contribution in [1.82, 2.24) is 0 Å². The van der Waals surface area contributed by atoms with Gasteiger partial charge < -0.3 is 5.11 Å². The van der Waals surface area contributed by atoms with E-state index in [1.165, 1.54) is 5.56 Å².